The van der Waals surface area contributed by atoms with E-state index in [1.165, 1.54) is 42.6 Å². The SMILES string of the molecule is N#C[C@H]1CCCC[C@@H]1n1cc(C(N)=O)c(Nc2ccc(S(=O)(=O)CCc3ccc(C(F)(F)F)cc3)cc2)n1. The molecule has 1 aromatic heterocycles. The number of alkyl halides is 3. The first-order chi connectivity index (χ1) is 18.0. The summed E-state index contributed by atoms with van der Waals surface area (Å²) in [6.45, 7) is 0. The Bertz CT molecular complexity index is 1440. The molecule has 1 amide bonds. The lowest BCUT2D eigenvalue weighted by molar-refractivity contribution is -0.137. The molecule has 0 bridgehead atoms. The molecule has 12 heteroatoms. The third-order valence-electron chi connectivity index (χ3n) is 6.65. The van der Waals surface area contributed by atoms with Gasteiger partial charge in [-0.3, -0.25) is 9.48 Å². The minimum atomic E-state index is -4.45. The second kappa shape index (κ2) is 10.9. The van der Waals surface area contributed by atoms with Gasteiger partial charge >= 0.3 is 6.18 Å². The molecule has 8 nitrogen and oxygen atoms in total. The van der Waals surface area contributed by atoms with Gasteiger partial charge in [-0.05, 0) is 61.2 Å². The lowest BCUT2D eigenvalue weighted by Gasteiger charge is -2.26. The van der Waals surface area contributed by atoms with Gasteiger partial charge < -0.3 is 11.1 Å². The van der Waals surface area contributed by atoms with Crippen LogP contribution in [0.15, 0.2) is 59.6 Å². The third-order valence-corrected chi connectivity index (χ3v) is 8.38. The van der Waals surface area contributed by atoms with Crippen molar-refractivity contribution in [3.8, 4) is 6.07 Å². The van der Waals surface area contributed by atoms with Crippen LogP contribution in [-0.4, -0.2) is 29.9 Å². The second-order valence-corrected chi connectivity index (χ2v) is 11.3. The predicted octanol–water partition coefficient (Wildman–Crippen LogP) is 5.02. The second-order valence-electron chi connectivity index (χ2n) is 9.24. The standard InChI is InChI=1S/C26H26F3N5O3S/c27-26(28,29)19-7-5-17(6-8-19)13-14-38(36,37)21-11-9-20(10-12-21)32-25-22(24(31)35)16-34(33-25)23-4-2-1-3-18(23)15-30/h5-12,16,18,23H,1-4,13-14H2,(H2,31,35)(H,32,33)/t18-,23+/m1/s1. The molecule has 3 N–H and O–H groups in total. The summed E-state index contributed by atoms with van der Waals surface area (Å²) in [7, 11) is -3.70. The summed E-state index contributed by atoms with van der Waals surface area (Å²) in [6.07, 6.45) is 0.568. The van der Waals surface area contributed by atoms with E-state index in [2.05, 4.69) is 16.5 Å². The Hall–Kier alpha value is -3.85. The molecule has 3 aromatic rings. The van der Waals surface area contributed by atoms with Crippen LogP contribution in [0.25, 0.3) is 0 Å². The van der Waals surface area contributed by atoms with E-state index in [0.717, 1.165) is 37.8 Å². The van der Waals surface area contributed by atoms with Crippen LogP contribution in [-0.2, 0) is 22.4 Å². The van der Waals surface area contributed by atoms with Crippen LogP contribution in [0.2, 0.25) is 0 Å². The van der Waals surface area contributed by atoms with E-state index < -0.39 is 27.5 Å². The van der Waals surface area contributed by atoms with Crippen LogP contribution in [0.1, 0.15) is 53.2 Å². The first kappa shape index (κ1) is 27.2. The number of primary amides is 1. The van der Waals surface area contributed by atoms with E-state index in [1.807, 2.05) is 0 Å². The van der Waals surface area contributed by atoms with Gasteiger partial charge in [0.05, 0.1) is 34.2 Å². The summed E-state index contributed by atoms with van der Waals surface area (Å²) in [4.78, 5) is 12.1. The smallest absolute Gasteiger partial charge is 0.365 e. The first-order valence-corrected chi connectivity index (χ1v) is 13.7. The molecule has 0 saturated heterocycles. The molecule has 0 spiro atoms. The lowest BCUT2D eigenvalue weighted by atomic mass is 9.85. The van der Waals surface area contributed by atoms with Crippen molar-refractivity contribution in [1.29, 1.82) is 5.26 Å². The summed E-state index contributed by atoms with van der Waals surface area (Å²) in [5, 5.41) is 17.0. The van der Waals surface area contributed by atoms with Gasteiger partial charge in [-0.2, -0.15) is 23.5 Å². The largest absolute Gasteiger partial charge is 0.416 e. The molecule has 0 aliphatic heterocycles. The number of aromatic nitrogens is 2. The number of sulfone groups is 1. The van der Waals surface area contributed by atoms with E-state index in [-0.39, 0.29) is 40.4 Å². The molecule has 1 aliphatic carbocycles. The number of nitriles is 1. The molecule has 38 heavy (non-hydrogen) atoms. The summed E-state index contributed by atoms with van der Waals surface area (Å²) in [6, 6.07) is 12.4. The monoisotopic (exact) mass is 545 g/mol. The van der Waals surface area contributed by atoms with Crippen molar-refractivity contribution in [2.45, 2.75) is 49.2 Å². The number of halogens is 3. The highest BCUT2D eigenvalue weighted by atomic mass is 32.2. The minimum absolute atomic E-state index is 0.0506. The van der Waals surface area contributed by atoms with Gasteiger partial charge in [-0.1, -0.05) is 25.0 Å². The van der Waals surface area contributed by atoms with Gasteiger partial charge in [0, 0.05) is 11.9 Å². The highest BCUT2D eigenvalue weighted by molar-refractivity contribution is 7.91. The van der Waals surface area contributed by atoms with Crippen LogP contribution >= 0.6 is 0 Å². The third kappa shape index (κ3) is 6.16. The molecule has 0 unspecified atom stereocenters. The van der Waals surface area contributed by atoms with E-state index >= 15 is 0 Å². The fourth-order valence-corrected chi connectivity index (χ4v) is 5.82. The van der Waals surface area contributed by atoms with Crippen LogP contribution in [0, 0.1) is 17.2 Å². The molecule has 1 aliphatic rings. The number of rotatable bonds is 8. The number of hydrogen-bond acceptors (Lipinski definition) is 6. The fraction of sp³-hybridized carbons (Fsp3) is 0.346. The number of amides is 1. The maximum absolute atomic E-state index is 12.8. The number of nitrogens with one attached hydrogen (secondary N) is 1. The van der Waals surface area contributed by atoms with Crippen molar-refractivity contribution in [3.05, 3.63) is 71.4 Å². The normalized spacial score (nSPS) is 18.1. The van der Waals surface area contributed by atoms with E-state index in [1.54, 1.807) is 4.68 Å². The van der Waals surface area contributed by atoms with Gasteiger partial charge in [0.1, 0.15) is 5.56 Å². The summed E-state index contributed by atoms with van der Waals surface area (Å²) in [5.74, 6) is -0.976. The minimum Gasteiger partial charge on any atom is -0.365 e. The van der Waals surface area contributed by atoms with Crippen molar-refractivity contribution in [1.82, 2.24) is 9.78 Å². The molecular weight excluding hydrogens is 519 g/mol. The summed E-state index contributed by atoms with van der Waals surface area (Å²) in [5.41, 5.74) is 5.85. The quantitative estimate of drug-likeness (QED) is 0.409. The molecule has 2 aromatic carbocycles. The van der Waals surface area contributed by atoms with Crippen molar-refractivity contribution in [3.63, 3.8) is 0 Å². The summed E-state index contributed by atoms with van der Waals surface area (Å²) < 4.78 is 65.3. The number of nitrogens with zero attached hydrogens (tertiary/aromatic N) is 3. The number of carbonyl (C=O) groups is 1. The average Bonchev–Trinajstić information content (AvgIpc) is 3.31. The Kier molecular flexibility index (Phi) is 7.78. The van der Waals surface area contributed by atoms with Gasteiger partial charge in [-0.25, -0.2) is 8.42 Å². The van der Waals surface area contributed by atoms with Crippen molar-refractivity contribution in [2.24, 2.45) is 11.7 Å². The van der Waals surface area contributed by atoms with Gasteiger partial charge in [0.25, 0.3) is 5.91 Å². The number of carbonyl (C=O) groups excluding carboxylic acids is 1. The van der Waals surface area contributed by atoms with Crippen LogP contribution in [0.4, 0.5) is 24.7 Å². The predicted molar refractivity (Wildman–Crippen MR) is 134 cm³/mol. The average molecular weight is 546 g/mol. The zero-order chi connectivity index (χ0) is 27.5. The Morgan fingerprint density at radius 3 is 2.37 bits per heavy atom. The zero-order valence-electron chi connectivity index (χ0n) is 20.3. The Balaban J connectivity index is 1.45. The number of aryl methyl sites for hydroxylation is 1. The van der Waals surface area contributed by atoms with Crippen LogP contribution in [0.5, 0.6) is 0 Å². The topological polar surface area (TPSA) is 131 Å². The molecule has 2 atom stereocenters. The number of hydrogen-bond donors (Lipinski definition) is 2. The van der Waals surface area contributed by atoms with Gasteiger partial charge in [-0.15, -0.1) is 0 Å². The maximum atomic E-state index is 12.8. The molecule has 200 valence electrons. The maximum Gasteiger partial charge on any atom is 0.416 e. The van der Waals surface area contributed by atoms with E-state index in [4.69, 9.17) is 5.73 Å². The number of nitrogens with two attached hydrogens (primary N) is 1. The molecule has 4 rings (SSSR count). The number of benzene rings is 2. The molecule has 1 fully saturated rings. The Morgan fingerprint density at radius 1 is 1.11 bits per heavy atom. The zero-order valence-corrected chi connectivity index (χ0v) is 21.1. The van der Waals surface area contributed by atoms with Gasteiger partial charge in [0.15, 0.2) is 15.7 Å². The van der Waals surface area contributed by atoms with Crippen molar-refractivity contribution < 1.29 is 26.4 Å². The fourth-order valence-electron chi connectivity index (χ4n) is 4.53. The first-order valence-electron chi connectivity index (χ1n) is 12.0. The molecular formula is C26H26F3N5O3S. The van der Waals surface area contributed by atoms with Crippen molar-refractivity contribution in [2.75, 3.05) is 11.1 Å². The Morgan fingerprint density at radius 2 is 1.76 bits per heavy atom. The molecule has 0 radical (unpaired) electrons. The van der Waals surface area contributed by atoms with Crippen LogP contribution in [0.3, 0.4) is 0 Å². The highest BCUT2D eigenvalue weighted by Crippen LogP contribution is 2.34. The van der Waals surface area contributed by atoms with E-state index in [0.29, 0.717) is 11.3 Å². The molecule has 1 heterocycles. The lowest BCUT2D eigenvalue weighted by Crippen LogP contribution is -2.22. The summed E-state index contributed by atoms with van der Waals surface area (Å²) >= 11 is 0. The van der Waals surface area contributed by atoms with Crippen molar-refractivity contribution >= 4 is 27.2 Å². The number of anilines is 2. The highest BCUT2D eigenvalue weighted by Gasteiger charge is 2.30. The van der Waals surface area contributed by atoms with Crippen LogP contribution < -0.4 is 11.1 Å². The van der Waals surface area contributed by atoms with Gasteiger partial charge in [0.2, 0.25) is 0 Å². The van der Waals surface area contributed by atoms with E-state index in [9.17, 15) is 31.6 Å². The molecule has 1 saturated carbocycles. The Labute approximate surface area is 218 Å².